The number of ether oxygens (including phenoxy) is 1. The van der Waals surface area contributed by atoms with Gasteiger partial charge in [-0.05, 0) is 67.2 Å². The molecule has 1 amide bonds. The van der Waals surface area contributed by atoms with E-state index in [0.29, 0.717) is 6.61 Å². The number of carbonyl (C=O) groups is 1. The molecule has 146 valence electrons. The quantitative estimate of drug-likeness (QED) is 0.527. The fourth-order valence-electron chi connectivity index (χ4n) is 3.01. The van der Waals surface area contributed by atoms with Crippen molar-refractivity contribution in [2.45, 2.75) is 46.6 Å². The molecule has 2 aromatic rings. The van der Waals surface area contributed by atoms with Gasteiger partial charge in [0, 0.05) is 0 Å². The van der Waals surface area contributed by atoms with Crippen molar-refractivity contribution in [2.75, 3.05) is 6.61 Å². The monoisotopic (exact) mass is 376 g/mol. The molecule has 0 aromatic heterocycles. The second kappa shape index (κ2) is 9.75. The molecule has 0 aliphatic heterocycles. The van der Waals surface area contributed by atoms with Crippen LogP contribution in [0.2, 0.25) is 0 Å². The fourth-order valence-corrected chi connectivity index (χ4v) is 3.01. The van der Waals surface area contributed by atoms with Gasteiger partial charge in [-0.25, -0.2) is 0 Å². The minimum atomic E-state index is -0.377. The number of hydrogen-bond acceptors (Lipinski definition) is 3. The first-order chi connectivity index (χ1) is 13.4. The molecule has 2 rings (SSSR count). The van der Waals surface area contributed by atoms with Crippen LogP contribution < -0.4 is 10.1 Å². The smallest absolute Gasteiger partial charge is 0.262 e. The van der Waals surface area contributed by atoms with Crippen molar-refractivity contribution >= 4 is 12.0 Å². The van der Waals surface area contributed by atoms with E-state index in [1.165, 1.54) is 0 Å². The number of nitrogens with one attached hydrogen (secondary N) is 1. The molecule has 0 saturated heterocycles. The molecule has 0 aliphatic rings. The van der Waals surface area contributed by atoms with Gasteiger partial charge in [0.25, 0.3) is 5.91 Å². The molecular formula is C24H28N2O2. The average molecular weight is 377 g/mol. The molecule has 0 spiro atoms. The van der Waals surface area contributed by atoms with Crippen LogP contribution in [0.3, 0.4) is 0 Å². The van der Waals surface area contributed by atoms with Crippen LogP contribution in [-0.4, -0.2) is 12.5 Å². The van der Waals surface area contributed by atoms with Gasteiger partial charge in [0.05, 0.1) is 12.6 Å². The molecule has 0 unspecified atom stereocenters. The Hall–Kier alpha value is -3.06. The molecule has 0 heterocycles. The molecule has 0 bridgehead atoms. The van der Waals surface area contributed by atoms with Gasteiger partial charge in [0.15, 0.2) is 0 Å². The molecule has 0 saturated carbocycles. The maximum atomic E-state index is 12.6. The molecule has 1 N–H and O–H groups in total. The lowest BCUT2D eigenvalue weighted by Gasteiger charge is -2.16. The lowest BCUT2D eigenvalue weighted by molar-refractivity contribution is -0.117. The van der Waals surface area contributed by atoms with Crippen molar-refractivity contribution in [3.8, 4) is 11.8 Å². The Kier molecular flexibility index (Phi) is 7.40. The Morgan fingerprint density at radius 1 is 1.21 bits per heavy atom. The van der Waals surface area contributed by atoms with E-state index in [1.807, 2.05) is 69.3 Å². The second-order valence-electron chi connectivity index (χ2n) is 7.11. The third kappa shape index (κ3) is 5.23. The second-order valence-corrected chi connectivity index (χ2v) is 7.11. The van der Waals surface area contributed by atoms with Crippen molar-refractivity contribution in [3.63, 3.8) is 0 Å². The maximum Gasteiger partial charge on any atom is 0.262 e. The van der Waals surface area contributed by atoms with Gasteiger partial charge >= 0.3 is 0 Å². The van der Waals surface area contributed by atoms with Gasteiger partial charge in [-0.3, -0.25) is 4.79 Å². The first kappa shape index (κ1) is 21.2. The molecule has 1 atom stereocenters. The molecule has 2 aromatic carbocycles. The molecular weight excluding hydrogens is 348 g/mol. The maximum absolute atomic E-state index is 12.6. The molecule has 0 radical (unpaired) electrons. The summed E-state index contributed by atoms with van der Waals surface area (Å²) in [5, 5.41) is 12.4. The van der Waals surface area contributed by atoms with E-state index < -0.39 is 0 Å². The third-order valence-electron chi connectivity index (χ3n) is 4.63. The van der Waals surface area contributed by atoms with Crippen LogP contribution in [0.1, 0.15) is 61.9 Å². The number of rotatable bonds is 7. The highest BCUT2D eigenvalue weighted by Crippen LogP contribution is 2.31. The minimum Gasteiger partial charge on any atom is -0.494 e. The Balaban J connectivity index is 2.32. The van der Waals surface area contributed by atoms with Crippen molar-refractivity contribution in [3.05, 3.63) is 70.3 Å². The Morgan fingerprint density at radius 2 is 1.89 bits per heavy atom. The summed E-state index contributed by atoms with van der Waals surface area (Å²) < 4.78 is 5.75. The highest BCUT2D eigenvalue weighted by molar-refractivity contribution is 6.02. The number of aryl methyl sites for hydroxylation is 1. The molecule has 0 aliphatic carbocycles. The Bertz CT molecular complexity index is 893. The normalized spacial score (nSPS) is 12.4. The van der Waals surface area contributed by atoms with Gasteiger partial charge in [-0.15, -0.1) is 0 Å². The predicted octanol–water partition coefficient (Wildman–Crippen LogP) is 5.30. The Labute approximate surface area is 167 Å². The van der Waals surface area contributed by atoms with Crippen LogP contribution in [0.5, 0.6) is 5.75 Å². The fraction of sp³-hybridized carbons (Fsp3) is 0.333. The topological polar surface area (TPSA) is 62.1 Å². The zero-order valence-electron chi connectivity index (χ0n) is 17.2. The highest BCUT2D eigenvalue weighted by Gasteiger charge is 2.16. The van der Waals surface area contributed by atoms with Crippen molar-refractivity contribution in [2.24, 2.45) is 0 Å². The number of amides is 1. The molecule has 4 heteroatoms. The van der Waals surface area contributed by atoms with E-state index >= 15 is 0 Å². The van der Waals surface area contributed by atoms with Gasteiger partial charge in [-0.1, -0.05) is 44.2 Å². The summed E-state index contributed by atoms with van der Waals surface area (Å²) in [6, 6.07) is 15.5. The van der Waals surface area contributed by atoms with Crippen LogP contribution in [0.25, 0.3) is 6.08 Å². The predicted molar refractivity (Wildman–Crippen MR) is 113 cm³/mol. The molecule has 4 nitrogen and oxygen atoms in total. The van der Waals surface area contributed by atoms with Crippen LogP contribution in [0.4, 0.5) is 0 Å². The van der Waals surface area contributed by atoms with Gasteiger partial charge < -0.3 is 10.1 Å². The van der Waals surface area contributed by atoms with Gasteiger partial charge in [-0.2, -0.15) is 5.26 Å². The largest absolute Gasteiger partial charge is 0.494 e. The van der Waals surface area contributed by atoms with Crippen LogP contribution >= 0.6 is 0 Å². The standard InChI is InChI=1S/C24H28N2O2/c1-6-28-23-12-17(4)20(14-22(23)16(2)3)13-21(15-25)24(27)26-18(5)19-10-8-7-9-11-19/h7-14,16,18H,6H2,1-5H3,(H,26,27)/b21-13-/t18-/m1/s1. The van der Waals surface area contributed by atoms with E-state index in [4.69, 9.17) is 4.74 Å². The van der Waals surface area contributed by atoms with Crippen molar-refractivity contribution in [1.29, 1.82) is 5.26 Å². The van der Waals surface area contributed by atoms with Crippen LogP contribution in [0.15, 0.2) is 48.0 Å². The van der Waals surface area contributed by atoms with Crippen molar-refractivity contribution < 1.29 is 9.53 Å². The minimum absolute atomic E-state index is 0.0877. The number of nitrogens with zero attached hydrogens (tertiary/aromatic N) is 1. The first-order valence-corrected chi connectivity index (χ1v) is 9.62. The summed E-state index contributed by atoms with van der Waals surface area (Å²) >= 11 is 0. The van der Waals surface area contributed by atoms with E-state index in [-0.39, 0.29) is 23.4 Å². The summed E-state index contributed by atoms with van der Waals surface area (Å²) in [5.74, 6) is 0.748. The van der Waals surface area contributed by atoms with E-state index in [1.54, 1.807) is 6.08 Å². The zero-order valence-corrected chi connectivity index (χ0v) is 17.2. The first-order valence-electron chi connectivity index (χ1n) is 9.62. The Morgan fingerprint density at radius 3 is 2.46 bits per heavy atom. The number of nitriles is 1. The lowest BCUT2D eigenvalue weighted by atomic mass is 9.95. The molecule has 28 heavy (non-hydrogen) atoms. The summed E-state index contributed by atoms with van der Waals surface area (Å²) in [7, 11) is 0. The summed E-state index contributed by atoms with van der Waals surface area (Å²) in [5.41, 5.74) is 3.96. The summed E-state index contributed by atoms with van der Waals surface area (Å²) in [6.07, 6.45) is 1.66. The highest BCUT2D eigenvalue weighted by atomic mass is 16.5. The van der Waals surface area contributed by atoms with E-state index in [2.05, 4.69) is 19.2 Å². The molecule has 0 fully saturated rings. The van der Waals surface area contributed by atoms with Crippen LogP contribution in [-0.2, 0) is 4.79 Å². The van der Waals surface area contributed by atoms with E-state index in [0.717, 1.165) is 28.0 Å². The number of benzene rings is 2. The SMILES string of the molecule is CCOc1cc(C)c(/C=C(/C#N)C(=O)N[C@H](C)c2ccccc2)cc1C(C)C. The lowest BCUT2D eigenvalue weighted by Crippen LogP contribution is -2.27. The zero-order chi connectivity index (χ0) is 20.7. The van der Waals surface area contributed by atoms with Gasteiger partial charge in [0.2, 0.25) is 0 Å². The summed E-state index contributed by atoms with van der Waals surface area (Å²) in [4.78, 5) is 12.6. The van der Waals surface area contributed by atoms with Crippen molar-refractivity contribution in [1.82, 2.24) is 5.32 Å². The average Bonchev–Trinajstić information content (AvgIpc) is 2.67. The van der Waals surface area contributed by atoms with E-state index in [9.17, 15) is 10.1 Å². The summed E-state index contributed by atoms with van der Waals surface area (Å²) in [6.45, 7) is 10.6. The van der Waals surface area contributed by atoms with Gasteiger partial charge in [0.1, 0.15) is 17.4 Å². The number of carbonyl (C=O) groups excluding carboxylic acids is 1. The third-order valence-corrected chi connectivity index (χ3v) is 4.63. The van der Waals surface area contributed by atoms with Crippen LogP contribution in [0, 0.1) is 18.3 Å². The number of hydrogen-bond donors (Lipinski definition) is 1.